The standard InChI is InChI=1S/C16H22F4N2.C4H4O4/c1-2-9-22(14-5-7-21-8-6-14)11-12-3-4-13(17)10-15(12)16(18,19)20;5-3(6)1-2-4(7)8/h3-4,10,14,21H,2,5-9,11H2,1H3;1-2H,(H,5,6)(H,7,8). The molecule has 1 aliphatic rings. The van der Waals surface area contributed by atoms with Gasteiger partial charge in [-0.3, -0.25) is 4.90 Å². The number of carboxylic acid groups (broad SMARTS) is 2. The summed E-state index contributed by atoms with van der Waals surface area (Å²) in [6, 6.07) is 3.26. The third-order valence-corrected chi connectivity index (χ3v) is 4.46. The van der Waals surface area contributed by atoms with Crippen molar-refractivity contribution < 1.29 is 37.4 Å². The molecule has 0 unspecified atom stereocenters. The number of hydrogen-bond donors (Lipinski definition) is 3. The summed E-state index contributed by atoms with van der Waals surface area (Å²) in [4.78, 5) is 21.2. The monoisotopic (exact) mass is 434 g/mol. The maximum atomic E-state index is 13.2. The van der Waals surface area contributed by atoms with Gasteiger partial charge in [0.1, 0.15) is 5.82 Å². The van der Waals surface area contributed by atoms with Gasteiger partial charge in [0.25, 0.3) is 0 Å². The van der Waals surface area contributed by atoms with E-state index in [0.29, 0.717) is 18.2 Å². The zero-order valence-electron chi connectivity index (χ0n) is 16.6. The van der Waals surface area contributed by atoms with Crippen molar-refractivity contribution in [1.82, 2.24) is 10.2 Å². The highest BCUT2D eigenvalue weighted by atomic mass is 19.4. The first-order chi connectivity index (χ1) is 14.0. The largest absolute Gasteiger partial charge is 0.478 e. The van der Waals surface area contributed by atoms with Crippen molar-refractivity contribution in [2.45, 2.75) is 44.9 Å². The van der Waals surface area contributed by atoms with Gasteiger partial charge in [0, 0.05) is 24.7 Å². The molecule has 168 valence electrons. The molecule has 0 aliphatic carbocycles. The molecule has 6 nitrogen and oxygen atoms in total. The lowest BCUT2D eigenvalue weighted by molar-refractivity contribution is -0.138. The van der Waals surface area contributed by atoms with Crippen LogP contribution in [-0.2, 0) is 22.3 Å². The number of halogens is 4. The number of alkyl halides is 3. The predicted molar refractivity (Wildman–Crippen MR) is 102 cm³/mol. The Morgan fingerprint density at radius 2 is 1.73 bits per heavy atom. The first-order valence-corrected chi connectivity index (χ1v) is 9.49. The predicted octanol–water partition coefficient (Wildman–Crippen LogP) is 3.52. The Morgan fingerprint density at radius 3 is 2.20 bits per heavy atom. The van der Waals surface area contributed by atoms with Crippen molar-refractivity contribution in [3.05, 3.63) is 47.3 Å². The molecule has 0 amide bonds. The quantitative estimate of drug-likeness (QED) is 0.450. The number of nitrogens with zero attached hydrogens (tertiary/aromatic N) is 1. The third kappa shape index (κ3) is 9.36. The summed E-state index contributed by atoms with van der Waals surface area (Å²) in [5, 5.41) is 18.9. The average molecular weight is 434 g/mol. The molecule has 0 atom stereocenters. The molecular weight excluding hydrogens is 408 g/mol. The minimum atomic E-state index is -4.52. The van der Waals surface area contributed by atoms with Gasteiger partial charge in [-0.05, 0) is 56.6 Å². The molecule has 1 heterocycles. The Kier molecular flexibility index (Phi) is 10.5. The van der Waals surface area contributed by atoms with Gasteiger partial charge in [-0.25, -0.2) is 14.0 Å². The molecule has 0 radical (unpaired) electrons. The van der Waals surface area contributed by atoms with Crippen LogP contribution in [-0.4, -0.2) is 52.7 Å². The van der Waals surface area contributed by atoms with Crippen molar-refractivity contribution in [3.8, 4) is 0 Å². The van der Waals surface area contributed by atoms with Crippen LogP contribution in [0.1, 0.15) is 37.3 Å². The summed E-state index contributed by atoms with van der Waals surface area (Å²) in [5.74, 6) is -3.36. The third-order valence-electron chi connectivity index (χ3n) is 4.46. The highest BCUT2D eigenvalue weighted by molar-refractivity contribution is 5.89. The van der Waals surface area contributed by atoms with Gasteiger partial charge in [0.05, 0.1) is 5.56 Å². The molecule has 2 rings (SSSR count). The van der Waals surface area contributed by atoms with Crippen LogP contribution in [0.3, 0.4) is 0 Å². The Balaban J connectivity index is 0.000000479. The maximum absolute atomic E-state index is 13.2. The summed E-state index contributed by atoms with van der Waals surface area (Å²) in [6.45, 7) is 4.76. The maximum Gasteiger partial charge on any atom is 0.416 e. The second kappa shape index (κ2) is 12.3. The van der Waals surface area contributed by atoms with Crippen molar-refractivity contribution >= 4 is 11.9 Å². The number of benzene rings is 1. The number of aliphatic carboxylic acids is 2. The topological polar surface area (TPSA) is 89.9 Å². The highest BCUT2D eigenvalue weighted by Gasteiger charge is 2.34. The molecule has 1 aromatic carbocycles. The van der Waals surface area contributed by atoms with Crippen LogP contribution in [0.15, 0.2) is 30.4 Å². The molecule has 30 heavy (non-hydrogen) atoms. The van der Waals surface area contributed by atoms with E-state index in [0.717, 1.165) is 45.0 Å². The van der Waals surface area contributed by atoms with Gasteiger partial charge >= 0.3 is 18.1 Å². The fraction of sp³-hybridized carbons (Fsp3) is 0.500. The molecule has 0 saturated carbocycles. The molecular formula is C20H26F4N2O4. The summed E-state index contributed by atoms with van der Waals surface area (Å²) in [5.41, 5.74) is -0.705. The van der Waals surface area contributed by atoms with Crippen LogP contribution in [0.2, 0.25) is 0 Å². The smallest absolute Gasteiger partial charge is 0.416 e. The molecule has 3 N–H and O–H groups in total. The van der Waals surface area contributed by atoms with Gasteiger partial charge in [-0.2, -0.15) is 13.2 Å². The zero-order valence-corrected chi connectivity index (χ0v) is 16.6. The van der Waals surface area contributed by atoms with E-state index in [4.69, 9.17) is 10.2 Å². The zero-order chi connectivity index (χ0) is 22.7. The lowest BCUT2D eigenvalue weighted by Crippen LogP contribution is -2.43. The number of nitrogens with one attached hydrogen (secondary N) is 1. The average Bonchev–Trinajstić information content (AvgIpc) is 2.67. The van der Waals surface area contributed by atoms with Gasteiger partial charge in [0.15, 0.2) is 0 Å². The lowest BCUT2D eigenvalue weighted by Gasteiger charge is -2.35. The summed E-state index contributed by atoms with van der Waals surface area (Å²) in [6.07, 6.45) is -0.661. The van der Waals surface area contributed by atoms with Gasteiger partial charge in [-0.1, -0.05) is 13.0 Å². The van der Waals surface area contributed by atoms with E-state index in [9.17, 15) is 27.2 Å². The number of piperidine rings is 1. The summed E-state index contributed by atoms with van der Waals surface area (Å²) in [7, 11) is 0. The number of hydrogen-bond acceptors (Lipinski definition) is 4. The van der Waals surface area contributed by atoms with Crippen molar-refractivity contribution in [1.29, 1.82) is 0 Å². The number of rotatable bonds is 7. The Morgan fingerprint density at radius 1 is 1.17 bits per heavy atom. The molecule has 10 heteroatoms. The van der Waals surface area contributed by atoms with Crippen LogP contribution in [0.5, 0.6) is 0 Å². The minimum Gasteiger partial charge on any atom is -0.478 e. The summed E-state index contributed by atoms with van der Waals surface area (Å²) >= 11 is 0. The number of carbonyl (C=O) groups is 2. The van der Waals surface area contributed by atoms with Crippen molar-refractivity contribution in [2.24, 2.45) is 0 Å². The fourth-order valence-corrected chi connectivity index (χ4v) is 3.16. The molecule has 1 fully saturated rings. The molecule has 0 bridgehead atoms. The van der Waals surface area contributed by atoms with E-state index in [1.165, 1.54) is 6.07 Å². The van der Waals surface area contributed by atoms with Crippen LogP contribution >= 0.6 is 0 Å². The van der Waals surface area contributed by atoms with E-state index < -0.39 is 29.5 Å². The Bertz CT molecular complexity index is 716. The SMILES string of the molecule is CCCN(Cc1ccc(F)cc1C(F)(F)F)C1CCNCC1.O=C(O)C=CC(=O)O. The second-order valence-corrected chi connectivity index (χ2v) is 6.76. The van der Waals surface area contributed by atoms with Gasteiger partial charge < -0.3 is 15.5 Å². The Labute approximate surface area is 172 Å². The van der Waals surface area contributed by atoms with Crippen LogP contribution < -0.4 is 5.32 Å². The van der Waals surface area contributed by atoms with E-state index in [1.807, 2.05) is 6.92 Å². The normalized spacial score (nSPS) is 15.1. The van der Waals surface area contributed by atoms with Crippen LogP contribution in [0.4, 0.5) is 17.6 Å². The van der Waals surface area contributed by atoms with E-state index in [-0.39, 0.29) is 18.2 Å². The van der Waals surface area contributed by atoms with Gasteiger partial charge in [-0.15, -0.1) is 0 Å². The fourth-order valence-electron chi connectivity index (χ4n) is 3.16. The van der Waals surface area contributed by atoms with E-state index >= 15 is 0 Å². The second-order valence-electron chi connectivity index (χ2n) is 6.76. The minimum absolute atomic E-state index is 0.154. The lowest BCUT2D eigenvalue weighted by atomic mass is 10.0. The van der Waals surface area contributed by atoms with Crippen molar-refractivity contribution in [2.75, 3.05) is 19.6 Å². The van der Waals surface area contributed by atoms with E-state index in [2.05, 4.69) is 10.2 Å². The first kappa shape index (κ1) is 25.6. The van der Waals surface area contributed by atoms with Crippen molar-refractivity contribution in [3.63, 3.8) is 0 Å². The first-order valence-electron chi connectivity index (χ1n) is 9.49. The Hall–Kier alpha value is -2.46. The molecule has 1 saturated heterocycles. The van der Waals surface area contributed by atoms with Gasteiger partial charge in [0.2, 0.25) is 0 Å². The summed E-state index contributed by atoms with van der Waals surface area (Å²) < 4.78 is 52.5. The van der Waals surface area contributed by atoms with E-state index in [1.54, 1.807) is 0 Å². The van der Waals surface area contributed by atoms with Crippen LogP contribution in [0, 0.1) is 5.82 Å². The molecule has 0 spiro atoms. The molecule has 1 aliphatic heterocycles. The number of carboxylic acids is 2. The highest BCUT2D eigenvalue weighted by Crippen LogP contribution is 2.33. The molecule has 1 aromatic rings. The molecule has 0 aromatic heterocycles. The van der Waals surface area contributed by atoms with Crippen LogP contribution in [0.25, 0.3) is 0 Å².